The van der Waals surface area contributed by atoms with Gasteiger partial charge in [0, 0.05) is 59.9 Å². The van der Waals surface area contributed by atoms with E-state index in [0.717, 1.165) is 51.5 Å². The number of amides is 1. The molecule has 38 heavy (non-hydrogen) atoms. The van der Waals surface area contributed by atoms with Gasteiger partial charge in [0.2, 0.25) is 6.41 Å². The summed E-state index contributed by atoms with van der Waals surface area (Å²) < 4.78 is 4.06. The smallest absolute Gasteiger partial charge is 0.215 e. The Morgan fingerprint density at radius 2 is 1.84 bits per heavy atom. The molecule has 0 aliphatic rings. The molecule has 0 aliphatic heterocycles. The number of anilines is 1. The summed E-state index contributed by atoms with van der Waals surface area (Å²) in [7, 11) is 2.01. The van der Waals surface area contributed by atoms with E-state index in [9.17, 15) is 4.79 Å². The number of hydrogen-bond donors (Lipinski definition) is 1. The quantitative estimate of drug-likeness (QED) is 0.283. The number of H-pyrrole nitrogens is 1. The van der Waals surface area contributed by atoms with Crippen molar-refractivity contribution >= 4 is 23.1 Å². The minimum absolute atomic E-state index is 0.377. The van der Waals surface area contributed by atoms with Gasteiger partial charge in [0.05, 0.1) is 17.7 Å². The first-order valence-corrected chi connectivity index (χ1v) is 12.5. The minimum Gasteiger partial charge on any atom is -0.341 e. The zero-order chi connectivity index (χ0) is 26.1. The van der Waals surface area contributed by atoms with Crippen LogP contribution in [0.25, 0.3) is 27.8 Å². The van der Waals surface area contributed by atoms with Crippen LogP contribution in [0.3, 0.4) is 0 Å². The number of nitrogens with one attached hydrogen (secondary N) is 1. The molecule has 6 aromatic rings. The molecular weight excluding hydrogens is 474 g/mol. The summed E-state index contributed by atoms with van der Waals surface area (Å²) in [6.07, 6.45) is 8.63. The van der Waals surface area contributed by atoms with Crippen molar-refractivity contribution in [3.8, 4) is 16.9 Å². The Labute approximate surface area is 220 Å². The lowest BCUT2D eigenvalue weighted by molar-refractivity contribution is -0.108. The van der Waals surface area contributed by atoms with Crippen LogP contribution in [0.15, 0.2) is 97.7 Å². The average Bonchev–Trinajstić information content (AvgIpc) is 3.69. The van der Waals surface area contributed by atoms with Gasteiger partial charge in [0.1, 0.15) is 17.7 Å². The van der Waals surface area contributed by atoms with Crippen molar-refractivity contribution in [1.82, 2.24) is 29.1 Å². The van der Waals surface area contributed by atoms with Gasteiger partial charge in [0.25, 0.3) is 0 Å². The summed E-state index contributed by atoms with van der Waals surface area (Å²) in [5, 5.41) is 1.04. The first-order valence-electron chi connectivity index (χ1n) is 12.5. The van der Waals surface area contributed by atoms with E-state index in [0.29, 0.717) is 12.2 Å². The Hall–Kier alpha value is -4.98. The number of para-hydroxylation sites is 1. The first kappa shape index (κ1) is 23.4. The molecule has 8 nitrogen and oxygen atoms in total. The van der Waals surface area contributed by atoms with E-state index in [1.165, 1.54) is 0 Å². The molecule has 0 fully saturated rings. The number of hydrogen-bond acceptors (Lipinski definition) is 4. The summed E-state index contributed by atoms with van der Waals surface area (Å²) >= 11 is 0. The maximum atomic E-state index is 12.7. The summed E-state index contributed by atoms with van der Waals surface area (Å²) in [6, 6.07) is 23.8. The second-order valence-corrected chi connectivity index (χ2v) is 9.28. The third-order valence-corrected chi connectivity index (χ3v) is 6.92. The number of aromatic nitrogens is 6. The molecule has 0 aliphatic carbocycles. The second-order valence-electron chi connectivity index (χ2n) is 9.28. The third-order valence-electron chi connectivity index (χ3n) is 6.92. The molecule has 0 saturated heterocycles. The maximum absolute atomic E-state index is 12.7. The normalized spacial score (nSPS) is 12.1. The Kier molecular flexibility index (Phi) is 6.05. The molecule has 8 heteroatoms. The highest BCUT2D eigenvalue weighted by atomic mass is 16.1. The molecule has 1 amide bonds. The van der Waals surface area contributed by atoms with Crippen molar-refractivity contribution in [3.63, 3.8) is 0 Å². The van der Waals surface area contributed by atoms with Crippen molar-refractivity contribution in [2.24, 2.45) is 7.05 Å². The monoisotopic (exact) mass is 501 g/mol. The summed E-state index contributed by atoms with van der Waals surface area (Å²) in [5.41, 5.74) is 5.84. The topological polar surface area (TPSA) is 84.6 Å². The highest BCUT2D eigenvalue weighted by Crippen LogP contribution is 2.33. The van der Waals surface area contributed by atoms with Crippen LogP contribution >= 0.6 is 0 Å². The molecule has 2 aromatic carbocycles. The number of imidazole rings is 2. The summed E-state index contributed by atoms with van der Waals surface area (Å²) in [5.74, 6) is 1.50. The second kappa shape index (κ2) is 9.82. The van der Waals surface area contributed by atoms with Gasteiger partial charge in [-0.25, -0.2) is 9.97 Å². The van der Waals surface area contributed by atoms with Crippen LogP contribution in [-0.4, -0.2) is 35.5 Å². The zero-order valence-electron chi connectivity index (χ0n) is 21.2. The number of carbonyl (C=O) groups excluding carboxylic acids is 1. The number of fused-ring (bicyclic) bond motifs is 1. The highest BCUT2D eigenvalue weighted by Gasteiger charge is 2.29. The molecule has 4 heterocycles. The van der Waals surface area contributed by atoms with Gasteiger partial charge < -0.3 is 14.1 Å². The zero-order valence-corrected chi connectivity index (χ0v) is 21.2. The molecule has 0 spiro atoms. The first-order chi connectivity index (χ1) is 18.6. The van der Waals surface area contributed by atoms with Gasteiger partial charge in [-0.05, 0) is 43.3 Å². The van der Waals surface area contributed by atoms with Crippen LogP contribution in [0.5, 0.6) is 0 Å². The van der Waals surface area contributed by atoms with Crippen LogP contribution in [0.2, 0.25) is 0 Å². The Balaban J connectivity index is 1.43. The largest absolute Gasteiger partial charge is 0.341 e. The molecule has 0 radical (unpaired) electrons. The van der Waals surface area contributed by atoms with Crippen molar-refractivity contribution in [2.45, 2.75) is 19.4 Å². The van der Waals surface area contributed by atoms with E-state index in [1.807, 2.05) is 73.3 Å². The van der Waals surface area contributed by atoms with Gasteiger partial charge in [-0.2, -0.15) is 0 Å². The van der Waals surface area contributed by atoms with Crippen LogP contribution < -0.4 is 4.90 Å². The van der Waals surface area contributed by atoms with Crippen LogP contribution in [0.4, 0.5) is 5.82 Å². The lowest BCUT2D eigenvalue weighted by Gasteiger charge is -2.27. The molecule has 1 unspecified atom stereocenters. The summed E-state index contributed by atoms with van der Waals surface area (Å²) in [6.45, 7) is 2.01. The molecule has 1 N–H and O–H groups in total. The lowest BCUT2D eigenvalue weighted by Crippen LogP contribution is -2.31. The minimum atomic E-state index is -0.377. The van der Waals surface area contributed by atoms with Crippen LogP contribution in [0, 0.1) is 6.92 Å². The fraction of sp³-hybridized carbons (Fsp3) is 0.133. The molecule has 4 aromatic heterocycles. The molecular formula is C30H27N7O. The van der Waals surface area contributed by atoms with E-state index in [2.05, 4.69) is 43.8 Å². The SMILES string of the molecule is Cc1nc(C(Cc2ccccn2)N(C=O)c2cc3ccccc3[nH]2)n(C)c1-c1ccc(-n2ccnc2)cc1. The number of aromatic amines is 1. The van der Waals surface area contributed by atoms with Gasteiger partial charge in [-0.3, -0.25) is 14.7 Å². The van der Waals surface area contributed by atoms with Gasteiger partial charge in [-0.1, -0.05) is 36.4 Å². The number of aryl methyl sites for hydroxylation is 1. The Morgan fingerprint density at radius 3 is 2.55 bits per heavy atom. The van der Waals surface area contributed by atoms with Gasteiger partial charge >= 0.3 is 0 Å². The van der Waals surface area contributed by atoms with Crippen molar-refractivity contribution < 1.29 is 4.79 Å². The molecule has 0 saturated carbocycles. The average molecular weight is 502 g/mol. The highest BCUT2D eigenvalue weighted by molar-refractivity contribution is 5.88. The van der Waals surface area contributed by atoms with Gasteiger partial charge in [-0.15, -0.1) is 0 Å². The Bertz CT molecular complexity index is 1650. The predicted molar refractivity (Wildman–Crippen MR) is 148 cm³/mol. The van der Waals surface area contributed by atoms with E-state index in [4.69, 9.17) is 4.98 Å². The fourth-order valence-electron chi connectivity index (χ4n) is 5.09. The predicted octanol–water partition coefficient (Wildman–Crippen LogP) is 5.40. The lowest BCUT2D eigenvalue weighted by atomic mass is 10.1. The van der Waals surface area contributed by atoms with Crippen LogP contribution in [0.1, 0.15) is 23.3 Å². The van der Waals surface area contributed by atoms with Crippen molar-refractivity contribution in [2.75, 3.05) is 4.90 Å². The van der Waals surface area contributed by atoms with E-state index in [1.54, 1.807) is 23.6 Å². The van der Waals surface area contributed by atoms with Crippen molar-refractivity contribution in [3.05, 3.63) is 115 Å². The number of pyridine rings is 1. The molecule has 0 bridgehead atoms. The molecule has 188 valence electrons. The number of benzene rings is 2. The van der Waals surface area contributed by atoms with E-state index < -0.39 is 0 Å². The van der Waals surface area contributed by atoms with Crippen molar-refractivity contribution in [1.29, 1.82) is 0 Å². The third kappa shape index (κ3) is 4.26. The Morgan fingerprint density at radius 1 is 1.03 bits per heavy atom. The number of rotatable bonds is 8. The fourth-order valence-corrected chi connectivity index (χ4v) is 5.09. The van der Waals surface area contributed by atoms with E-state index >= 15 is 0 Å². The number of nitrogens with zero attached hydrogens (tertiary/aromatic N) is 6. The molecule has 1 atom stereocenters. The van der Waals surface area contributed by atoms with Crippen LogP contribution in [-0.2, 0) is 18.3 Å². The van der Waals surface area contributed by atoms with E-state index in [-0.39, 0.29) is 6.04 Å². The molecule has 6 rings (SSSR count). The standard InChI is InChI=1S/C30H27N7O/c1-21-29(22-10-12-25(13-11-22)36-16-15-31-19-36)35(2)30(33-21)27(18-24-8-5-6-14-32-24)37(20-38)28-17-23-7-3-4-9-26(23)34-28/h3-17,19-20,27,34H,18H2,1-2H3. The van der Waals surface area contributed by atoms with Gasteiger partial charge in [0.15, 0.2) is 0 Å². The maximum Gasteiger partial charge on any atom is 0.215 e. The number of carbonyl (C=O) groups is 1. The summed E-state index contributed by atoms with van der Waals surface area (Å²) in [4.78, 5) is 31.5.